The molecule has 0 aliphatic carbocycles. The van der Waals surface area contributed by atoms with E-state index in [1.54, 1.807) is 0 Å². The van der Waals surface area contributed by atoms with Gasteiger partial charge in [0.1, 0.15) is 5.75 Å². The topological polar surface area (TPSA) is 119 Å². The van der Waals surface area contributed by atoms with E-state index < -0.39 is 69.6 Å². The quantitative estimate of drug-likeness (QED) is 0.277. The van der Waals surface area contributed by atoms with Gasteiger partial charge < -0.3 is 20.1 Å². The number of nitrogens with one attached hydrogen (secondary N) is 2. The number of alkyl halides is 9. The van der Waals surface area contributed by atoms with Crippen LogP contribution in [0.2, 0.25) is 0 Å². The molecular weight excluding hydrogens is 639 g/mol. The predicted octanol–water partition coefficient (Wildman–Crippen LogP) is 5.74. The lowest BCUT2D eigenvalue weighted by atomic mass is 10.1. The molecule has 1 aromatic heterocycles. The minimum atomic E-state index is -5.03. The molecule has 2 aromatic carbocycles. The molecule has 1 fully saturated rings. The molecule has 1 aliphatic heterocycles. The Bertz CT molecular complexity index is 1560. The van der Waals surface area contributed by atoms with Crippen molar-refractivity contribution in [1.29, 1.82) is 0 Å². The molecule has 10 nitrogen and oxygen atoms in total. The van der Waals surface area contributed by atoms with Crippen molar-refractivity contribution in [1.82, 2.24) is 19.3 Å². The first-order chi connectivity index (χ1) is 20.4. The Hall–Kier alpha value is -4.07. The molecule has 240 valence electrons. The fourth-order valence-corrected chi connectivity index (χ4v) is 5.50. The van der Waals surface area contributed by atoms with Gasteiger partial charge in [-0.05, 0) is 43.2 Å². The first kappa shape index (κ1) is 32.8. The van der Waals surface area contributed by atoms with Crippen LogP contribution in [-0.4, -0.2) is 66.0 Å². The minimum Gasteiger partial charge on any atom is -0.454 e. The smallest absolute Gasteiger partial charge is 0.454 e. The van der Waals surface area contributed by atoms with Gasteiger partial charge in [0.15, 0.2) is 6.61 Å². The fourth-order valence-electron chi connectivity index (χ4n) is 3.99. The number of ether oxygens (including phenoxy) is 2. The van der Waals surface area contributed by atoms with E-state index in [2.05, 4.69) is 35.1 Å². The summed E-state index contributed by atoms with van der Waals surface area (Å²) in [6.07, 6.45) is -14.2. The maximum atomic E-state index is 13.1. The molecule has 1 aliphatic rings. The van der Waals surface area contributed by atoms with E-state index in [1.807, 2.05) is 0 Å². The van der Waals surface area contributed by atoms with Crippen LogP contribution in [0.25, 0.3) is 0 Å². The summed E-state index contributed by atoms with van der Waals surface area (Å²) in [5, 5.41) is 5.28. The van der Waals surface area contributed by atoms with E-state index in [1.165, 1.54) is 6.07 Å². The summed E-state index contributed by atoms with van der Waals surface area (Å²) in [6.45, 7) is -1.99. The van der Waals surface area contributed by atoms with E-state index >= 15 is 0 Å². The lowest BCUT2D eigenvalue weighted by Gasteiger charge is -2.31. The Morgan fingerprint density at radius 1 is 0.864 bits per heavy atom. The van der Waals surface area contributed by atoms with Crippen molar-refractivity contribution in [3.63, 3.8) is 0 Å². The molecule has 2 heterocycles. The van der Waals surface area contributed by atoms with Crippen LogP contribution in [0, 0.1) is 0 Å². The Kier molecular flexibility index (Phi) is 9.33. The molecular formula is C24H21F9N6O4S. The van der Waals surface area contributed by atoms with Crippen LogP contribution < -0.4 is 20.1 Å². The zero-order valence-electron chi connectivity index (χ0n) is 22.0. The molecule has 1 saturated heterocycles. The van der Waals surface area contributed by atoms with Crippen LogP contribution in [0.5, 0.6) is 11.8 Å². The van der Waals surface area contributed by atoms with Crippen LogP contribution in [-0.2, 0) is 16.2 Å². The highest BCUT2D eigenvalue weighted by atomic mass is 32.2. The van der Waals surface area contributed by atoms with Crippen molar-refractivity contribution in [2.75, 3.05) is 30.3 Å². The summed E-state index contributed by atoms with van der Waals surface area (Å²) in [5.41, 5.74) is -1.15. The Morgan fingerprint density at radius 2 is 1.52 bits per heavy atom. The molecule has 0 amide bonds. The number of hydrogen-bond acceptors (Lipinski definition) is 9. The van der Waals surface area contributed by atoms with Crippen molar-refractivity contribution in [2.45, 2.75) is 42.5 Å². The Labute approximate surface area is 243 Å². The monoisotopic (exact) mass is 660 g/mol. The third-order valence-corrected chi connectivity index (χ3v) is 7.78. The molecule has 0 radical (unpaired) electrons. The van der Waals surface area contributed by atoms with Crippen LogP contribution in [0.1, 0.15) is 18.4 Å². The lowest BCUT2D eigenvalue weighted by Crippen LogP contribution is -2.42. The second-order valence-corrected chi connectivity index (χ2v) is 11.2. The number of aromatic nitrogens is 3. The number of halogens is 9. The minimum absolute atomic E-state index is 0.109. The largest absolute Gasteiger partial charge is 0.573 e. The highest BCUT2D eigenvalue weighted by Gasteiger charge is 2.34. The highest BCUT2D eigenvalue weighted by Crippen LogP contribution is 2.32. The molecule has 2 N–H and O–H groups in total. The van der Waals surface area contributed by atoms with E-state index in [0.717, 1.165) is 46.8 Å². The number of nitrogens with zero attached hydrogens (tertiary/aromatic N) is 4. The van der Waals surface area contributed by atoms with Crippen molar-refractivity contribution in [3.8, 4) is 11.8 Å². The Morgan fingerprint density at radius 3 is 2.16 bits per heavy atom. The summed E-state index contributed by atoms with van der Waals surface area (Å²) in [4.78, 5) is 11.0. The first-order valence-corrected chi connectivity index (χ1v) is 13.8. The zero-order valence-corrected chi connectivity index (χ0v) is 22.8. The third-order valence-electron chi connectivity index (χ3n) is 5.89. The summed E-state index contributed by atoms with van der Waals surface area (Å²) in [5.74, 6) is -1.48. The zero-order chi connectivity index (χ0) is 32.3. The normalized spacial score (nSPS) is 15.6. The van der Waals surface area contributed by atoms with Gasteiger partial charge >= 0.3 is 24.7 Å². The van der Waals surface area contributed by atoms with E-state index in [-0.39, 0.29) is 37.6 Å². The van der Waals surface area contributed by atoms with Gasteiger partial charge in [-0.1, -0.05) is 12.1 Å². The predicted molar refractivity (Wildman–Crippen MR) is 135 cm³/mol. The lowest BCUT2D eigenvalue weighted by molar-refractivity contribution is -0.274. The number of sulfonamides is 1. The molecule has 0 atom stereocenters. The van der Waals surface area contributed by atoms with Gasteiger partial charge in [0.25, 0.3) is 0 Å². The summed E-state index contributed by atoms with van der Waals surface area (Å²) < 4.78 is 151. The number of piperidine rings is 1. The van der Waals surface area contributed by atoms with E-state index in [0.29, 0.717) is 0 Å². The molecule has 0 saturated carbocycles. The fraction of sp³-hybridized carbons (Fsp3) is 0.375. The van der Waals surface area contributed by atoms with Crippen molar-refractivity contribution < 1.29 is 57.4 Å². The molecule has 0 spiro atoms. The summed E-state index contributed by atoms with van der Waals surface area (Å²) in [6, 6.07) is 6.41. The molecule has 44 heavy (non-hydrogen) atoms. The van der Waals surface area contributed by atoms with Gasteiger partial charge in [0.2, 0.25) is 21.9 Å². The number of anilines is 3. The average Bonchev–Trinajstić information content (AvgIpc) is 2.91. The Balaban J connectivity index is 1.48. The second-order valence-electron chi connectivity index (χ2n) is 9.22. The SMILES string of the molecule is O=S(=O)(c1cccc(OC(F)(F)F)c1)N1CCC(Nc2nc(Nc3cccc(C(F)(F)F)c3)nc(OCC(F)(F)F)n2)CC1. The van der Waals surface area contributed by atoms with Gasteiger partial charge in [-0.2, -0.15) is 45.6 Å². The summed E-state index contributed by atoms with van der Waals surface area (Å²) >= 11 is 0. The van der Waals surface area contributed by atoms with E-state index in [9.17, 15) is 47.9 Å². The van der Waals surface area contributed by atoms with Crippen LogP contribution >= 0.6 is 0 Å². The van der Waals surface area contributed by atoms with Gasteiger partial charge in [0, 0.05) is 30.9 Å². The molecule has 4 rings (SSSR count). The first-order valence-electron chi connectivity index (χ1n) is 12.4. The van der Waals surface area contributed by atoms with Crippen LogP contribution in [0.4, 0.5) is 57.1 Å². The average molecular weight is 661 g/mol. The van der Waals surface area contributed by atoms with Gasteiger partial charge in [-0.15, -0.1) is 13.2 Å². The van der Waals surface area contributed by atoms with Crippen molar-refractivity contribution >= 4 is 27.6 Å². The standard InChI is InChI=1S/C24H21F9N6O4S/c25-22(26,27)13-42-21-37-19(36-20(38-21)35-16-4-1-3-14(11-16)23(28,29)30)34-15-7-9-39(10-8-15)44(40,41)18-6-2-5-17(12-18)43-24(31,32)33/h1-6,11-12,15H,7-10,13H2,(H2,34,35,36,37,38). The maximum absolute atomic E-state index is 13.1. The number of hydrogen-bond donors (Lipinski definition) is 2. The van der Waals surface area contributed by atoms with E-state index in [4.69, 9.17) is 0 Å². The van der Waals surface area contributed by atoms with Crippen LogP contribution in [0.15, 0.2) is 53.4 Å². The molecule has 3 aromatic rings. The maximum Gasteiger partial charge on any atom is 0.573 e. The van der Waals surface area contributed by atoms with Crippen molar-refractivity contribution in [3.05, 3.63) is 54.1 Å². The summed E-state index contributed by atoms with van der Waals surface area (Å²) in [7, 11) is -4.22. The second kappa shape index (κ2) is 12.5. The number of benzene rings is 2. The molecule has 20 heteroatoms. The van der Waals surface area contributed by atoms with Gasteiger partial charge in [-0.3, -0.25) is 0 Å². The van der Waals surface area contributed by atoms with Crippen molar-refractivity contribution in [2.24, 2.45) is 0 Å². The highest BCUT2D eigenvalue weighted by molar-refractivity contribution is 7.89. The van der Waals surface area contributed by atoms with Gasteiger partial charge in [-0.25, -0.2) is 8.42 Å². The number of rotatable bonds is 9. The van der Waals surface area contributed by atoms with Crippen LogP contribution in [0.3, 0.4) is 0 Å². The van der Waals surface area contributed by atoms with Gasteiger partial charge in [0.05, 0.1) is 10.5 Å². The third kappa shape index (κ3) is 9.21. The molecule has 0 bridgehead atoms. The molecule has 0 unspecified atom stereocenters.